The summed E-state index contributed by atoms with van der Waals surface area (Å²) in [6, 6.07) is 0. The summed E-state index contributed by atoms with van der Waals surface area (Å²) in [5.41, 5.74) is 0.952. The summed E-state index contributed by atoms with van der Waals surface area (Å²) in [4.78, 5) is 41.7. The van der Waals surface area contributed by atoms with Crippen LogP contribution in [0.25, 0.3) is 0 Å². The van der Waals surface area contributed by atoms with Gasteiger partial charge in [-0.25, -0.2) is 9.97 Å². The molecule has 0 aliphatic carbocycles. The highest BCUT2D eigenvalue weighted by Crippen LogP contribution is 2.41. The molecule has 0 bridgehead atoms. The largest absolute Gasteiger partial charge is 0.345 e. The van der Waals surface area contributed by atoms with Gasteiger partial charge in [-0.1, -0.05) is 5.16 Å². The summed E-state index contributed by atoms with van der Waals surface area (Å²) in [6.45, 7) is 3.61. The van der Waals surface area contributed by atoms with Gasteiger partial charge in [0.25, 0.3) is 0 Å². The molecule has 2 fully saturated rings. The second-order valence-corrected chi connectivity index (χ2v) is 7.98. The molecule has 2 aliphatic rings. The average molecular weight is 398 g/mol. The smallest absolute Gasteiger partial charge is 0.231 e. The third kappa shape index (κ3) is 4.13. The highest BCUT2D eigenvalue weighted by Gasteiger charge is 2.45. The van der Waals surface area contributed by atoms with Gasteiger partial charge in [-0.05, 0) is 37.7 Å². The Morgan fingerprint density at radius 3 is 2.69 bits per heavy atom. The fourth-order valence-electron chi connectivity index (χ4n) is 4.56. The van der Waals surface area contributed by atoms with Crippen LogP contribution in [0.4, 0.5) is 0 Å². The number of rotatable bonds is 4. The molecule has 3 atom stereocenters. The summed E-state index contributed by atoms with van der Waals surface area (Å²) in [7, 11) is 1.82. The number of fused-ring (bicyclic) bond motifs is 1. The fraction of sp³-hybridized carbons (Fsp3) is 0.600. The average Bonchev–Trinajstić information content (AvgIpc) is 3.03. The maximum absolute atomic E-state index is 12.8. The van der Waals surface area contributed by atoms with Gasteiger partial charge in [0.15, 0.2) is 5.82 Å². The van der Waals surface area contributed by atoms with Crippen molar-refractivity contribution in [3.8, 4) is 0 Å². The van der Waals surface area contributed by atoms with Crippen LogP contribution in [-0.4, -0.2) is 68.4 Å². The van der Waals surface area contributed by atoms with Crippen LogP contribution < -0.4 is 0 Å². The van der Waals surface area contributed by atoms with Crippen molar-refractivity contribution in [2.24, 2.45) is 11.8 Å². The molecule has 4 rings (SSSR count). The Morgan fingerprint density at radius 2 is 1.97 bits per heavy atom. The van der Waals surface area contributed by atoms with E-state index in [1.54, 1.807) is 24.2 Å². The lowest BCUT2D eigenvalue weighted by molar-refractivity contribution is -0.141. The predicted molar refractivity (Wildman–Crippen MR) is 103 cm³/mol. The molecule has 2 aromatic rings. The quantitative estimate of drug-likeness (QED) is 0.762. The van der Waals surface area contributed by atoms with Crippen molar-refractivity contribution in [2.75, 3.05) is 26.7 Å². The predicted octanol–water partition coefficient (Wildman–Crippen LogP) is 1.21. The molecule has 29 heavy (non-hydrogen) atoms. The Labute approximate surface area is 169 Å². The first kappa shape index (κ1) is 19.5. The van der Waals surface area contributed by atoms with Crippen LogP contribution in [-0.2, 0) is 16.0 Å². The van der Waals surface area contributed by atoms with E-state index in [0.29, 0.717) is 50.6 Å². The van der Waals surface area contributed by atoms with E-state index in [-0.39, 0.29) is 29.6 Å². The molecule has 0 spiro atoms. The number of piperidine rings is 1. The number of hydrogen-bond donors (Lipinski definition) is 0. The number of hydrogen-bond acceptors (Lipinski definition) is 7. The molecule has 0 saturated carbocycles. The van der Waals surface area contributed by atoms with Crippen molar-refractivity contribution in [3.05, 3.63) is 36.0 Å². The minimum Gasteiger partial charge on any atom is -0.345 e. The first-order valence-corrected chi connectivity index (χ1v) is 10.1. The van der Waals surface area contributed by atoms with E-state index in [9.17, 15) is 9.59 Å². The van der Waals surface area contributed by atoms with Crippen molar-refractivity contribution in [3.63, 3.8) is 0 Å². The summed E-state index contributed by atoms with van der Waals surface area (Å²) in [5.74, 6) is 1.47. The lowest BCUT2D eigenvalue weighted by Gasteiger charge is -2.39. The van der Waals surface area contributed by atoms with Crippen LogP contribution in [0.3, 0.4) is 0 Å². The molecule has 2 amide bonds. The Kier molecular flexibility index (Phi) is 5.55. The molecule has 0 N–H and O–H groups in total. The molecule has 0 aromatic carbocycles. The van der Waals surface area contributed by atoms with Crippen LogP contribution in [0, 0.1) is 18.8 Å². The number of aromatic nitrogens is 4. The Morgan fingerprint density at radius 1 is 1.21 bits per heavy atom. The first-order chi connectivity index (χ1) is 14.0. The molecule has 9 heteroatoms. The van der Waals surface area contributed by atoms with E-state index < -0.39 is 0 Å². The van der Waals surface area contributed by atoms with Crippen molar-refractivity contribution < 1.29 is 14.1 Å². The van der Waals surface area contributed by atoms with E-state index in [0.717, 1.165) is 12.0 Å². The third-order valence-corrected chi connectivity index (χ3v) is 6.09. The highest BCUT2D eigenvalue weighted by molar-refractivity contribution is 5.81. The van der Waals surface area contributed by atoms with Gasteiger partial charge in [-0.15, -0.1) is 0 Å². The molecule has 2 saturated heterocycles. The van der Waals surface area contributed by atoms with Gasteiger partial charge in [-0.2, -0.15) is 4.98 Å². The van der Waals surface area contributed by atoms with Crippen LogP contribution in [0.1, 0.15) is 42.5 Å². The third-order valence-electron chi connectivity index (χ3n) is 6.09. The number of carbonyl (C=O) groups is 2. The van der Waals surface area contributed by atoms with Crippen molar-refractivity contribution in [1.29, 1.82) is 0 Å². The Hall–Kier alpha value is -2.84. The number of aryl methyl sites for hydroxylation is 2. The van der Waals surface area contributed by atoms with E-state index in [1.807, 2.05) is 11.9 Å². The number of amides is 2. The number of likely N-dealkylation sites (N-methyl/N-ethyl adjacent to an activating group) is 1. The van der Waals surface area contributed by atoms with E-state index >= 15 is 0 Å². The molecule has 154 valence electrons. The monoisotopic (exact) mass is 398 g/mol. The molecule has 0 unspecified atom stereocenters. The highest BCUT2D eigenvalue weighted by atomic mass is 16.5. The van der Waals surface area contributed by atoms with Gasteiger partial charge in [0.05, 0.1) is 5.92 Å². The molecule has 9 nitrogen and oxygen atoms in total. The van der Waals surface area contributed by atoms with Crippen molar-refractivity contribution in [2.45, 2.75) is 38.5 Å². The van der Waals surface area contributed by atoms with Gasteiger partial charge < -0.3 is 14.3 Å². The van der Waals surface area contributed by atoms with Gasteiger partial charge in [0, 0.05) is 51.4 Å². The van der Waals surface area contributed by atoms with E-state index in [4.69, 9.17) is 4.52 Å². The van der Waals surface area contributed by atoms with Gasteiger partial charge in [0.1, 0.15) is 6.33 Å². The van der Waals surface area contributed by atoms with Crippen LogP contribution in [0.15, 0.2) is 23.2 Å². The maximum atomic E-state index is 12.8. The minimum atomic E-state index is -0.119. The molecule has 4 heterocycles. The lowest BCUT2D eigenvalue weighted by atomic mass is 9.74. The molecule has 2 aliphatic heterocycles. The summed E-state index contributed by atoms with van der Waals surface area (Å²) in [5, 5.41) is 3.93. The number of likely N-dealkylation sites (tertiary alicyclic amines) is 2. The van der Waals surface area contributed by atoms with Crippen molar-refractivity contribution in [1.82, 2.24) is 29.9 Å². The first-order valence-electron chi connectivity index (χ1n) is 10.1. The topological polar surface area (TPSA) is 105 Å². The summed E-state index contributed by atoms with van der Waals surface area (Å²) >= 11 is 0. The van der Waals surface area contributed by atoms with E-state index in [2.05, 4.69) is 20.1 Å². The Balaban J connectivity index is 1.45. The molecule has 2 aromatic heterocycles. The normalized spacial score (nSPS) is 24.9. The summed E-state index contributed by atoms with van der Waals surface area (Å²) < 4.78 is 5.45. The van der Waals surface area contributed by atoms with Gasteiger partial charge in [0.2, 0.25) is 17.7 Å². The second kappa shape index (κ2) is 8.26. The zero-order valence-corrected chi connectivity index (χ0v) is 16.8. The van der Waals surface area contributed by atoms with Gasteiger partial charge in [-0.3, -0.25) is 9.59 Å². The number of carbonyl (C=O) groups excluding carboxylic acids is 2. The van der Waals surface area contributed by atoms with Crippen LogP contribution >= 0.6 is 0 Å². The summed E-state index contributed by atoms with van der Waals surface area (Å²) in [6.07, 6.45) is 7.42. The molecule has 0 radical (unpaired) electrons. The SMILES string of the molecule is Cc1noc([C@@H]2CN(C)C(=O)[C@H]3CCN(C(=O)CCc4cncnc4)CC[C@H]32)n1. The zero-order valence-electron chi connectivity index (χ0n) is 16.8. The lowest BCUT2D eigenvalue weighted by Crippen LogP contribution is -2.47. The fourth-order valence-corrected chi connectivity index (χ4v) is 4.56. The molecular weight excluding hydrogens is 372 g/mol. The molecular formula is C20H26N6O3. The minimum absolute atomic E-state index is 0.0143. The van der Waals surface area contributed by atoms with Crippen molar-refractivity contribution >= 4 is 11.8 Å². The standard InChI is InChI=1S/C20H26N6O3/c1-13-23-19(29-24-13)17-11-25(2)20(28)16-6-8-26(7-5-15(16)17)18(27)4-3-14-9-21-12-22-10-14/h9-10,12,15-17H,3-8,11H2,1-2H3/t15-,16+,17-/m1/s1. The van der Waals surface area contributed by atoms with Crippen LogP contribution in [0.5, 0.6) is 0 Å². The second-order valence-electron chi connectivity index (χ2n) is 7.98. The van der Waals surface area contributed by atoms with Gasteiger partial charge >= 0.3 is 0 Å². The van der Waals surface area contributed by atoms with Crippen LogP contribution in [0.2, 0.25) is 0 Å². The number of nitrogens with zero attached hydrogens (tertiary/aromatic N) is 6. The maximum Gasteiger partial charge on any atom is 0.231 e. The zero-order chi connectivity index (χ0) is 20.4. The Bertz CT molecular complexity index is 870. The van der Waals surface area contributed by atoms with E-state index in [1.165, 1.54) is 6.33 Å².